The summed E-state index contributed by atoms with van der Waals surface area (Å²) in [6, 6.07) is 3.18. The number of rotatable bonds is 4. The normalized spacial score (nSPS) is 25.0. The molecular weight excluding hydrogens is 450 g/mol. The highest BCUT2D eigenvalue weighted by atomic mass is 35.5. The van der Waals surface area contributed by atoms with Crippen molar-refractivity contribution < 1.29 is 8.42 Å². The zero-order valence-corrected chi connectivity index (χ0v) is 19.4. The Kier molecular flexibility index (Phi) is 8.17. The van der Waals surface area contributed by atoms with E-state index in [2.05, 4.69) is 11.8 Å². The summed E-state index contributed by atoms with van der Waals surface area (Å²) in [5, 5.41) is 0.541. The van der Waals surface area contributed by atoms with Gasteiger partial charge in [-0.25, -0.2) is 8.42 Å². The van der Waals surface area contributed by atoms with Crippen molar-refractivity contribution in [2.24, 2.45) is 5.92 Å². The second-order valence-corrected chi connectivity index (χ2v) is 10.7. The topological polar surface area (TPSA) is 40.6 Å². The Morgan fingerprint density at radius 2 is 1.59 bits per heavy atom. The van der Waals surface area contributed by atoms with Crippen LogP contribution in [-0.2, 0) is 10.0 Å². The van der Waals surface area contributed by atoms with Gasteiger partial charge in [-0.05, 0) is 63.2 Å². The second-order valence-electron chi connectivity index (χ2n) is 7.56. The Hall–Kier alpha value is 0.250. The van der Waals surface area contributed by atoms with E-state index >= 15 is 0 Å². The first-order chi connectivity index (χ1) is 12.2. The van der Waals surface area contributed by atoms with E-state index < -0.39 is 10.0 Å². The minimum absolute atomic E-state index is 0. The molecule has 0 radical (unpaired) electrons. The summed E-state index contributed by atoms with van der Waals surface area (Å²) in [6.07, 6.45) is 5.23. The molecule has 1 saturated carbocycles. The molecule has 2 fully saturated rings. The molecule has 1 heterocycles. The van der Waals surface area contributed by atoms with Crippen LogP contribution >= 0.6 is 47.2 Å². The summed E-state index contributed by atoms with van der Waals surface area (Å²) in [4.78, 5) is 2.55. The van der Waals surface area contributed by atoms with Crippen molar-refractivity contribution in [3.05, 3.63) is 27.2 Å². The first-order valence-corrected chi connectivity index (χ1v) is 11.6. The van der Waals surface area contributed by atoms with Crippen LogP contribution in [0.3, 0.4) is 0 Å². The van der Waals surface area contributed by atoms with E-state index in [0.29, 0.717) is 6.04 Å². The number of piperidine rings is 1. The van der Waals surface area contributed by atoms with Crippen molar-refractivity contribution in [1.82, 2.24) is 9.21 Å². The Labute approximate surface area is 183 Å². The van der Waals surface area contributed by atoms with Gasteiger partial charge in [0.1, 0.15) is 4.90 Å². The first kappa shape index (κ1) is 23.5. The highest BCUT2D eigenvalue weighted by molar-refractivity contribution is 7.89. The van der Waals surface area contributed by atoms with Gasteiger partial charge < -0.3 is 4.90 Å². The van der Waals surface area contributed by atoms with Crippen LogP contribution in [0, 0.1) is 5.92 Å². The van der Waals surface area contributed by atoms with Gasteiger partial charge >= 0.3 is 0 Å². The van der Waals surface area contributed by atoms with Crippen molar-refractivity contribution in [2.45, 2.75) is 56.0 Å². The van der Waals surface area contributed by atoms with Crippen molar-refractivity contribution in [3.63, 3.8) is 0 Å². The number of hydrogen-bond acceptors (Lipinski definition) is 3. The van der Waals surface area contributed by atoms with Crippen molar-refractivity contribution in [3.8, 4) is 0 Å². The minimum atomic E-state index is -3.72. The van der Waals surface area contributed by atoms with E-state index in [4.69, 9.17) is 34.8 Å². The van der Waals surface area contributed by atoms with Crippen LogP contribution in [0.1, 0.15) is 39.0 Å². The quantitative estimate of drug-likeness (QED) is 0.551. The highest BCUT2D eigenvalue weighted by Gasteiger charge is 2.37. The molecule has 2 aliphatic rings. The van der Waals surface area contributed by atoms with Gasteiger partial charge in [0.2, 0.25) is 10.0 Å². The van der Waals surface area contributed by atoms with Gasteiger partial charge in [-0.1, -0.05) is 41.7 Å². The van der Waals surface area contributed by atoms with E-state index in [1.165, 1.54) is 29.3 Å². The molecule has 1 aromatic carbocycles. The van der Waals surface area contributed by atoms with Crippen molar-refractivity contribution >= 4 is 57.2 Å². The lowest BCUT2D eigenvalue weighted by atomic mass is 9.97. The van der Waals surface area contributed by atoms with E-state index in [1.54, 1.807) is 7.05 Å². The fraction of sp³-hybridized carbons (Fsp3) is 0.667. The van der Waals surface area contributed by atoms with Crippen LogP contribution in [0.4, 0.5) is 0 Å². The molecule has 27 heavy (non-hydrogen) atoms. The van der Waals surface area contributed by atoms with Gasteiger partial charge in [-0.15, -0.1) is 12.4 Å². The molecule has 0 amide bonds. The summed E-state index contributed by atoms with van der Waals surface area (Å²) in [6.45, 7) is 4.54. The SMILES string of the molecule is CC1CCN([C@H]2CC[C@@H](N(C)S(=O)(=O)c3cc(Cl)c(Cl)cc3Cl)C2)CC1.Cl. The molecule has 1 saturated heterocycles. The van der Waals surface area contributed by atoms with Crippen molar-refractivity contribution in [2.75, 3.05) is 20.1 Å². The largest absolute Gasteiger partial charge is 0.300 e. The number of benzene rings is 1. The number of nitrogens with zero attached hydrogens (tertiary/aromatic N) is 2. The number of hydrogen-bond donors (Lipinski definition) is 0. The lowest BCUT2D eigenvalue weighted by molar-refractivity contribution is 0.136. The molecule has 1 aromatic rings. The molecule has 9 heteroatoms. The summed E-state index contributed by atoms with van der Waals surface area (Å²) in [5.41, 5.74) is 0. The van der Waals surface area contributed by atoms with E-state index in [1.807, 2.05) is 0 Å². The molecule has 2 atom stereocenters. The Balaban J connectivity index is 0.00000261. The Bertz CT molecular complexity index is 767. The molecule has 0 spiro atoms. The average Bonchev–Trinajstić information content (AvgIpc) is 3.07. The maximum Gasteiger partial charge on any atom is 0.244 e. The van der Waals surface area contributed by atoms with Gasteiger partial charge in [0.15, 0.2) is 0 Å². The average molecular weight is 476 g/mol. The number of halogens is 4. The van der Waals surface area contributed by atoms with E-state index in [0.717, 1.165) is 38.3 Å². The van der Waals surface area contributed by atoms with Gasteiger partial charge in [-0.2, -0.15) is 4.31 Å². The van der Waals surface area contributed by atoms with E-state index in [-0.39, 0.29) is 38.4 Å². The third-order valence-corrected chi connectivity index (χ3v) is 8.95. The molecule has 3 rings (SSSR count). The Morgan fingerprint density at radius 1 is 1.00 bits per heavy atom. The van der Waals surface area contributed by atoms with Crippen LogP contribution in [0.15, 0.2) is 17.0 Å². The predicted octanol–water partition coefficient (Wildman–Crippen LogP) is 5.34. The van der Waals surface area contributed by atoms with Gasteiger partial charge in [-0.3, -0.25) is 0 Å². The maximum absolute atomic E-state index is 13.1. The molecule has 0 aromatic heterocycles. The van der Waals surface area contributed by atoms with Crippen LogP contribution < -0.4 is 0 Å². The summed E-state index contributed by atoms with van der Waals surface area (Å²) in [5.74, 6) is 0.795. The molecule has 0 unspecified atom stereocenters. The smallest absolute Gasteiger partial charge is 0.244 e. The molecule has 1 aliphatic heterocycles. The zero-order valence-electron chi connectivity index (χ0n) is 15.5. The van der Waals surface area contributed by atoms with Crippen LogP contribution in [0.25, 0.3) is 0 Å². The fourth-order valence-corrected chi connectivity index (χ4v) is 6.41. The third kappa shape index (κ3) is 5.06. The van der Waals surface area contributed by atoms with Crippen molar-refractivity contribution in [1.29, 1.82) is 0 Å². The number of sulfonamides is 1. The summed E-state index contributed by atoms with van der Waals surface area (Å²) >= 11 is 18.1. The zero-order chi connectivity index (χ0) is 19.1. The summed E-state index contributed by atoms with van der Waals surface area (Å²) < 4.78 is 27.6. The van der Waals surface area contributed by atoms with Gasteiger partial charge in [0.05, 0.1) is 15.1 Å². The molecule has 1 aliphatic carbocycles. The van der Waals surface area contributed by atoms with Crippen LogP contribution in [-0.4, -0.2) is 49.8 Å². The van der Waals surface area contributed by atoms with Gasteiger partial charge in [0.25, 0.3) is 0 Å². The third-order valence-electron chi connectivity index (χ3n) is 5.86. The molecular formula is C18H26Cl4N2O2S. The maximum atomic E-state index is 13.1. The molecule has 4 nitrogen and oxygen atoms in total. The first-order valence-electron chi connectivity index (χ1n) is 9.06. The minimum Gasteiger partial charge on any atom is -0.300 e. The van der Waals surface area contributed by atoms with Crippen LogP contribution in [0.2, 0.25) is 15.1 Å². The Morgan fingerprint density at radius 3 is 2.22 bits per heavy atom. The van der Waals surface area contributed by atoms with Crippen LogP contribution in [0.5, 0.6) is 0 Å². The van der Waals surface area contributed by atoms with Gasteiger partial charge in [0, 0.05) is 19.1 Å². The fourth-order valence-electron chi connectivity index (χ4n) is 4.04. The predicted molar refractivity (Wildman–Crippen MR) is 115 cm³/mol. The molecule has 0 N–H and O–H groups in total. The number of likely N-dealkylation sites (tertiary alicyclic amines) is 1. The monoisotopic (exact) mass is 474 g/mol. The lowest BCUT2D eigenvalue weighted by Gasteiger charge is -2.35. The van der Waals surface area contributed by atoms with E-state index in [9.17, 15) is 8.42 Å². The highest BCUT2D eigenvalue weighted by Crippen LogP contribution is 2.36. The summed E-state index contributed by atoms with van der Waals surface area (Å²) in [7, 11) is -2.08. The molecule has 154 valence electrons. The molecule has 0 bridgehead atoms. The second kappa shape index (κ2) is 9.38. The lowest BCUT2D eigenvalue weighted by Crippen LogP contribution is -2.41. The standard InChI is InChI=1S/C18H25Cl3N2O2S.ClH/c1-12-5-7-23(8-6-12)14-4-3-13(9-14)22(2)26(24,25)18-11-16(20)15(19)10-17(18)21;/h10-14H,3-9H2,1-2H3;1H/t13-,14+;/m1./s1.